The van der Waals surface area contributed by atoms with Crippen LogP contribution in [-0.4, -0.2) is 10.2 Å². The molecular weight excluding hydrogens is 250 g/mol. The average molecular weight is 275 g/mol. The number of hydrogen-bond donors (Lipinski definition) is 1. The summed E-state index contributed by atoms with van der Waals surface area (Å²) < 4.78 is 5.99. The third kappa shape index (κ3) is 1.92. The molecule has 0 spiro atoms. The molecule has 0 saturated heterocycles. The monoisotopic (exact) mass is 275 g/mol. The molecule has 5 rings (SSSR count). The fourth-order valence-electron chi connectivity index (χ4n) is 5.13. The van der Waals surface area contributed by atoms with Crippen LogP contribution in [0.4, 0.5) is 0 Å². The van der Waals surface area contributed by atoms with Gasteiger partial charge in [-0.3, -0.25) is 0 Å². The zero-order valence-corrected chi connectivity index (χ0v) is 12.5. The van der Waals surface area contributed by atoms with E-state index in [9.17, 15) is 0 Å². The highest BCUT2D eigenvalue weighted by Gasteiger charge is 2.50. The van der Waals surface area contributed by atoms with Crippen LogP contribution in [0, 0.1) is 29.6 Å². The minimum Gasteiger partial charge on any atom is -0.423 e. The van der Waals surface area contributed by atoms with Crippen molar-refractivity contribution in [2.75, 3.05) is 0 Å². The van der Waals surface area contributed by atoms with Crippen LogP contribution in [0.2, 0.25) is 0 Å². The van der Waals surface area contributed by atoms with Gasteiger partial charge in [-0.2, -0.15) is 0 Å². The summed E-state index contributed by atoms with van der Waals surface area (Å²) in [7, 11) is 0. The van der Waals surface area contributed by atoms with Crippen molar-refractivity contribution < 1.29 is 4.42 Å². The van der Waals surface area contributed by atoms with Gasteiger partial charge in [0.1, 0.15) is 0 Å². The molecular formula is C16H25N3O. The van der Waals surface area contributed by atoms with E-state index in [1.54, 1.807) is 0 Å². The van der Waals surface area contributed by atoms with Gasteiger partial charge in [0.05, 0.1) is 6.04 Å². The smallest absolute Gasteiger partial charge is 0.233 e. The molecule has 4 nitrogen and oxygen atoms in total. The second-order valence-electron chi connectivity index (χ2n) is 7.70. The Morgan fingerprint density at radius 3 is 2.15 bits per heavy atom. The van der Waals surface area contributed by atoms with Crippen molar-refractivity contribution >= 4 is 0 Å². The summed E-state index contributed by atoms with van der Waals surface area (Å²) in [5.41, 5.74) is 6.13. The first-order valence-corrected chi connectivity index (χ1v) is 8.20. The van der Waals surface area contributed by atoms with E-state index in [2.05, 4.69) is 24.0 Å². The molecule has 1 atom stereocenters. The lowest BCUT2D eigenvalue weighted by molar-refractivity contribution is -0.0119. The Balaban J connectivity index is 1.59. The Morgan fingerprint density at radius 1 is 1.00 bits per heavy atom. The van der Waals surface area contributed by atoms with E-state index in [0.29, 0.717) is 17.7 Å². The van der Waals surface area contributed by atoms with E-state index in [1.807, 2.05) is 0 Å². The first-order chi connectivity index (χ1) is 9.61. The second-order valence-corrected chi connectivity index (χ2v) is 7.70. The predicted octanol–water partition coefficient (Wildman–Crippen LogP) is 3.27. The molecule has 1 heterocycles. The summed E-state index contributed by atoms with van der Waals surface area (Å²) in [6, 6.07) is -0.131. The Morgan fingerprint density at radius 2 is 1.60 bits per heavy atom. The predicted molar refractivity (Wildman–Crippen MR) is 75.9 cm³/mol. The Hall–Kier alpha value is -0.900. The lowest BCUT2D eigenvalue weighted by Crippen LogP contribution is -2.43. The minimum atomic E-state index is -0.131. The highest BCUT2D eigenvalue weighted by Crippen LogP contribution is 2.59. The van der Waals surface area contributed by atoms with Crippen molar-refractivity contribution in [2.24, 2.45) is 35.3 Å². The van der Waals surface area contributed by atoms with Gasteiger partial charge in [-0.1, -0.05) is 13.8 Å². The molecule has 4 aliphatic rings. The van der Waals surface area contributed by atoms with E-state index in [0.717, 1.165) is 29.6 Å². The number of nitrogens with two attached hydrogens (primary N) is 1. The Kier molecular flexibility index (Phi) is 2.92. The highest BCUT2D eigenvalue weighted by atomic mass is 16.4. The first kappa shape index (κ1) is 12.8. The van der Waals surface area contributed by atoms with Gasteiger partial charge in [0.2, 0.25) is 11.8 Å². The van der Waals surface area contributed by atoms with Gasteiger partial charge in [0.25, 0.3) is 0 Å². The largest absolute Gasteiger partial charge is 0.423 e. The van der Waals surface area contributed by atoms with Crippen molar-refractivity contribution in [3.63, 3.8) is 0 Å². The summed E-state index contributed by atoms with van der Waals surface area (Å²) in [5.74, 6) is 5.90. The lowest BCUT2D eigenvalue weighted by atomic mass is 9.52. The maximum Gasteiger partial charge on any atom is 0.233 e. The van der Waals surface area contributed by atoms with Crippen molar-refractivity contribution in [3.05, 3.63) is 11.8 Å². The molecule has 4 aliphatic carbocycles. The molecule has 4 heteroatoms. The van der Waals surface area contributed by atoms with E-state index in [1.165, 1.54) is 32.1 Å². The lowest BCUT2D eigenvalue weighted by Gasteiger charge is -2.53. The van der Waals surface area contributed by atoms with Gasteiger partial charge in [-0.15, -0.1) is 10.2 Å². The first-order valence-electron chi connectivity index (χ1n) is 8.20. The summed E-state index contributed by atoms with van der Waals surface area (Å²) in [5, 5.41) is 8.60. The summed E-state index contributed by atoms with van der Waals surface area (Å²) in [6.07, 6.45) is 7.00. The average Bonchev–Trinajstić information content (AvgIpc) is 2.85. The highest BCUT2D eigenvalue weighted by molar-refractivity contribution is 5.09. The van der Waals surface area contributed by atoms with Gasteiger partial charge in [0.15, 0.2) is 0 Å². The van der Waals surface area contributed by atoms with E-state index < -0.39 is 0 Å². The van der Waals surface area contributed by atoms with Crippen molar-refractivity contribution in [1.29, 1.82) is 0 Å². The third-order valence-corrected chi connectivity index (χ3v) is 5.97. The molecule has 0 aromatic carbocycles. The molecule has 1 aromatic heterocycles. The zero-order valence-electron chi connectivity index (χ0n) is 12.5. The van der Waals surface area contributed by atoms with Crippen molar-refractivity contribution in [2.45, 2.75) is 57.9 Å². The molecule has 0 radical (unpaired) electrons. The summed E-state index contributed by atoms with van der Waals surface area (Å²) >= 11 is 0. The van der Waals surface area contributed by atoms with Crippen LogP contribution in [0.3, 0.4) is 0 Å². The topological polar surface area (TPSA) is 64.9 Å². The molecule has 1 unspecified atom stereocenters. The molecule has 4 saturated carbocycles. The molecule has 0 amide bonds. The second kappa shape index (κ2) is 4.55. The standard InChI is InChI=1S/C16H25N3O/c1-8(2)14(17)16-19-18-15(20-16)13-11-4-9-3-10(6-11)7-12(13)5-9/h8-14H,3-7,17H2,1-2H3. The van der Waals surface area contributed by atoms with Crippen molar-refractivity contribution in [3.8, 4) is 0 Å². The van der Waals surface area contributed by atoms with Crippen molar-refractivity contribution in [1.82, 2.24) is 10.2 Å². The molecule has 1 aromatic rings. The fraction of sp³-hybridized carbons (Fsp3) is 0.875. The number of rotatable bonds is 3. The minimum absolute atomic E-state index is 0.131. The van der Waals surface area contributed by atoms with E-state index in [-0.39, 0.29) is 6.04 Å². The normalized spacial score (nSPS) is 40.5. The van der Waals surface area contributed by atoms with Gasteiger partial charge >= 0.3 is 0 Å². The number of hydrogen-bond acceptors (Lipinski definition) is 4. The summed E-state index contributed by atoms with van der Waals surface area (Å²) in [6.45, 7) is 4.19. The quantitative estimate of drug-likeness (QED) is 0.919. The molecule has 110 valence electrons. The van der Waals surface area contributed by atoms with Crippen LogP contribution in [-0.2, 0) is 0 Å². The van der Waals surface area contributed by atoms with Gasteiger partial charge in [0, 0.05) is 5.92 Å². The van der Waals surface area contributed by atoms with E-state index >= 15 is 0 Å². The maximum atomic E-state index is 6.13. The van der Waals surface area contributed by atoms with Crippen LogP contribution in [0.1, 0.15) is 69.7 Å². The summed E-state index contributed by atoms with van der Waals surface area (Å²) in [4.78, 5) is 0. The molecule has 20 heavy (non-hydrogen) atoms. The van der Waals surface area contributed by atoms with Crippen LogP contribution in [0.15, 0.2) is 4.42 Å². The fourth-order valence-corrected chi connectivity index (χ4v) is 5.13. The molecule has 4 fully saturated rings. The molecule has 4 bridgehead atoms. The van der Waals surface area contributed by atoms with Crippen LogP contribution in [0.25, 0.3) is 0 Å². The third-order valence-electron chi connectivity index (χ3n) is 5.97. The zero-order chi connectivity index (χ0) is 13.9. The van der Waals surface area contributed by atoms with Crippen LogP contribution < -0.4 is 5.73 Å². The van der Waals surface area contributed by atoms with Crippen LogP contribution in [0.5, 0.6) is 0 Å². The number of nitrogens with zero attached hydrogens (tertiary/aromatic N) is 2. The van der Waals surface area contributed by atoms with Gasteiger partial charge in [-0.25, -0.2) is 0 Å². The SMILES string of the molecule is CC(C)C(N)c1nnc(C2C3CC4CC(C3)CC2C4)o1. The molecule has 2 N–H and O–H groups in total. The number of aromatic nitrogens is 2. The van der Waals surface area contributed by atoms with Crippen LogP contribution >= 0.6 is 0 Å². The maximum absolute atomic E-state index is 6.13. The molecule has 0 aliphatic heterocycles. The van der Waals surface area contributed by atoms with Gasteiger partial charge in [-0.05, 0) is 61.7 Å². The van der Waals surface area contributed by atoms with Gasteiger partial charge < -0.3 is 10.2 Å². The Bertz CT molecular complexity index is 468. The van der Waals surface area contributed by atoms with E-state index in [4.69, 9.17) is 10.2 Å². The Labute approximate surface area is 120 Å².